The van der Waals surface area contributed by atoms with E-state index in [4.69, 9.17) is 0 Å². The van der Waals surface area contributed by atoms with E-state index in [0.29, 0.717) is 0 Å². The third-order valence-corrected chi connectivity index (χ3v) is 22.5. The Hall–Kier alpha value is -4.95. The van der Waals surface area contributed by atoms with Gasteiger partial charge in [-0.3, -0.25) is 0 Å². The van der Waals surface area contributed by atoms with E-state index in [2.05, 4.69) is 55.4 Å². The van der Waals surface area contributed by atoms with Gasteiger partial charge in [-0.15, -0.1) is 0 Å². The fourth-order valence-corrected chi connectivity index (χ4v) is 20.4. The Bertz CT molecular complexity index is 2610. The zero-order valence-corrected chi connectivity index (χ0v) is 50.1. The van der Waals surface area contributed by atoms with Gasteiger partial charge in [0.05, 0.1) is 67.1 Å². The van der Waals surface area contributed by atoms with E-state index >= 15 is 0 Å². The normalized spacial score (nSPS) is 13.1. The standard InChI is InChI=1S/C32H12BF24.C13H30P2.2C6H5F.Rh/c34-25(35,36)13-1-14(26(37,38)39)6-21(5-13)33(22-7-15(27(40,41)42)2-16(8-22)28(43,44)45,23-9-17(29(46,47)48)3-18(10-23)30(49,50)51)24-11-19(31(52,53)54)4-20(12-24)32(55,56)57;1-10(2)14(11(3)4)9-15(12(5)6)13(7)8;2*7-6-4-2-1-3-5-6;/h1-12H;10-13H,9H2,1-8H3;2*1-5H;/q-1;;;;/p+2. The van der Waals surface area contributed by atoms with Crippen molar-refractivity contribution in [2.75, 3.05) is 5.90 Å². The summed E-state index contributed by atoms with van der Waals surface area (Å²) in [7, 11) is -0.243. The predicted molar refractivity (Wildman–Crippen MR) is 285 cm³/mol. The summed E-state index contributed by atoms with van der Waals surface area (Å²) in [6.45, 7) is 19.5. The molecule has 0 saturated heterocycles. The summed E-state index contributed by atoms with van der Waals surface area (Å²) in [4.78, 5) is 0. The molecule has 6 aromatic carbocycles. The van der Waals surface area contributed by atoms with Gasteiger partial charge < -0.3 is 0 Å². The monoisotopic (exact) mass is 1410 g/mol. The minimum Gasteiger partial charge on any atom is -0.207 e. The zero-order valence-electron chi connectivity index (χ0n) is 46.5. The van der Waals surface area contributed by atoms with Crippen molar-refractivity contribution in [2.45, 2.75) is 127 Å². The van der Waals surface area contributed by atoms with Gasteiger partial charge in [-0.25, -0.2) is 8.78 Å². The molecule has 0 aliphatic rings. The van der Waals surface area contributed by atoms with Crippen molar-refractivity contribution in [3.05, 3.63) is 190 Å². The van der Waals surface area contributed by atoms with E-state index < -0.39 is 195 Å². The third-order valence-electron chi connectivity index (χ3n) is 13.3. The van der Waals surface area contributed by atoms with Crippen molar-refractivity contribution >= 4 is 43.8 Å². The first-order valence-corrected chi connectivity index (χ1v) is 29.0. The first-order valence-electron chi connectivity index (χ1n) is 25.3. The van der Waals surface area contributed by atoms with Crippen molar-refractivity contribution in [1.82, 2.24) is 0 Å². The molecule has 6 aromatic rings. The molecule has 87 heavy (non-hydrogen) atoms. The quantitative estimate of drug-likeness (QED) is 0.0728. The van der Waals surface area contributed by atoms with E-state index in [1.807, 2.05) is 0 Å². The van der Waals surface area contributed by atoms with Gasteiger partial charge in [0.25, 0.3) is 0 Å². The minimum atomic E-state index is -6.13. The van der Waals surface area contributed by atoms with Crippen LogP contribution in [0.15, 0.2) is 133 Å². The van der Waals surface area contributed by atoms with Gasteiger partial charge in [0, 0.05) is 35.3 Å². The van der Waals surface area contributed by atoms with Crippen LogP contribution in [0.5, 0.6) is 0 Å². The summed E-state index contributed by atoms with van der Waals surface area (Å²) in [5, 5.41) is 0. The number of halogens is 26. The molecule has 0 aliphatic carbocycles. The molecule has 485 valence electrons. The predicted octanol–water partition coefficient (Wildman–Crippen LogP) is 19.9. The van der Waals surface area contributed by atoms with Crippen molar-refractivity contribution in [1.29, 1.82) is 0 Å². The maximum atomic E-state index is 14.2. The minimum absolute atomic E-state index is 0. The van der Waals surface area contributed by atoms with Gasteiger partial charge in [0.1, 0.15) is 17.8 Å². The second-order valence-corrected chi connectivity index (χ2v) is 29.1. The summed E-state index contributed by atoms with van der Waals surface area (Å²) < 4.78 is 365. The number of hydrogen-bond donors (Lipinski definition) is 0. The Labute approximate surface area is 498 Å². The Balaban J connectivity index is 0.000000695. The zero-order chi connectivity index (χ0) is 66.3. The molecule has 0 heterocycles. The van der Waals surface area contributed by atoms with Crippen LogP contribution < -0.4 is 21.9 Å². The van der Waals surface area contributed by atoms with Crippen LogP contribution in [0.3, 0.4) is 0 Å². The Morgan fingerprint density at radius 1 is 0.276 bits per heavy atom. The van der Waals surface area contributed by atoms with Gasteiger partial charge in [0.15, 0.2) is 5.90 Å². The van der Waals surface area contributed by atoms with Crippen LogP contribution in [0.2, 0.25) is 0 Å². The van der Waals surface area contributed by atoms with E-state index in [9.17, 15) is 114 Å². The average Bonchev–Trinajstić information content (AvgIpc) is 0.807. The van der Waals surface area contributed by atoms with Crippen LogP contribution >= 0.6 is 15.8 Å². The molecule has 30 heteroatoms. The van der Waals surface area contributed by atoms with Crippen LogP contribution in [-0.4, -0.2) is 34.7 Å². The van der Waals surface area contributed by atoms with Crippen LogP contribution in [0.1, 0.15) is 99.9 Å². The van der Waals surface area contributed by atoms with Crippen LogP contribution in [0, 0.1) is 11.6 Å². The molecule has 0 aliphatic heterocycles. The van der Waals surface area contributed by atoms with Gasteiger partial charge in [-0.2, -0.15) is 127 Å². The second kappa shape index (κ2) is 29.8. The second-order valence-electron chi connectivity index (χ2n) is 20.8. The Morgan fingerprint density at radius 3 is 0.529 bits per heavy atom. The molecule has 0 saturated carbocycles. The molecule has 6 rings (SSSR count). The molecule has 0 atom stereocenters. The summed E-state index contributed by atoms with van der Waals surface area (Å²) in [6, 6.07) is 7.07. The summed E-state index contributed by atoms with van der Waals surface area (Å²) >= 11 is 0. The first-order chi connectivity index (χ1) is 38.8. The fraction of sp³-hybridized carbons (Fsp3) is 0.368. The van der Waals surface area contributed by atoms with Crippen molar-refractivity contribution in [2.24, 2.45) is 0 Å². The van der Waals surface area contributed by atoms with Crippen LogP contribution in [0.25, 0.3) is 0 Å². The molecule has 0 N–H and O–H groups in total. The Morgan fingerprint density at radius 2 is 0.425 bits per heavy atom. The molecule has 0 unspecified atom stereocenters. The van der Waals surface area contributed by atoms with Crippen LogP contribution in [-0.2, 0) is 68.9 Å². The van der Waals surface area contributed by atoms with Gasteiger partial charge in [-0.1, -0.05) is 84.9 Å². The number of hydrogen-bond acceptors (Lipinski definition) is 0. The maximum Gasteiger partial charge on any atom is 0.416 e. The largest absolute Gasteiger partial charge is 0.416 e. The maximum absolute atomic E-state index is 14.2. The Kier molecular flexibility index (Phi) is 26.8. The third kappa shape index (κ3) is 22.2. The molecule has 1 radical (unpaired) electrons. The van der Waals surface area contributed by atoms with Crippen LogP contribution in [0.4, 0.5) is 114 Å². The van der Waals surface area contributed by atoms with Gasteiger partial charge in [-0.05, 0) is 104 Å². The van der Waals surface area contributed by atoms with Gasteiger partial charge >= 0.3 is 49.4 Å². The fourth-order valence-electron chi connectivity index (χ4n) is 9.29. The summed E-state index contributed by atoms with van der Waals surface area (Å²) in [6.07, 6.45) is -54.8. The molecular weight excluding hydrogens is 1350 g/mol. The summed E-state index contributed by atoms with van der Waals surface area (Å²) in [5.41, 5.74) is -26.4. The number of alkyl halides is 24. The smallest absolute Gasteiger partial charge is 0.207 e. The SMILES string of the molecule is CC(C)[PH+](C[PH+](C(C)C)C(C)C)C(C)C.FC(F)(F)c1cc([B-](c2cc(C(F)(F)F)cc(C(F)(F)F)c2)(c2cc(C(F)(F)F)cc(C(F)(F)F)c2)c2cc(C(F)(F)F)cc(C(F)(F)F)c2)cc(C(F)(F)F)c1.Fc1ccccc1.Fc1ccccc1.[Rh]. The van der Waals surface area contributed by atoms with E-state index in [1.165, 1.54) is 24.3 Å². The summed E-state index contributed by atoms with van der Waals surface area (Å²) in [5.74, 6) is 1.25. The molecule has 0 amide bonds. The molecule has 0 aromatic heterocycles. The average molecular weight is 1410 g/mol. The van der Waals surface area contributed by atoms with Crippen molar-refractivity contribution in [3.63, 3.8) is 0 Å². The number of benzene rings is 6. The van der Waals surface area contributed by atoms with E-state index in [-0.39, 0.29) is 47.0 Å². The van der Waals surface area contributed by atoms with E-state index in [0.717, 1.165) is 22.6 Å². The molecule has 0 nitrogen and oxygen atoms in total. The molecule has 0 spiro atoms. The number of rotatable bonds is 10. The van der Waals surface area contributed by atoms with E-state index in [1.54, 1.807) is 42.3 Å². The van der Waals surface area contributed by atoms with Crippen molar-refractivity contribution in [3.8, 4) is 0 Å². The molecule has 0 fully saturated rings. The van der Waals surface area contributed by atoms with Gasteiger partial charge in [0.2, 0.25) is 0 Å². The first kappa shape index (κ1) is 78.1. The molecular formula is C57H54BF26P2Rh+. The molecule has 0 bridgehead atoms. The van der Waals surface area contributed by atoms with Crippen molar-refractivity contribution < 1.29 is 134 Å². The topological polar surface area (TPSA) is 0 Å².